The van der Waals surface area contributed by atoms with Crippen molar-refractivity contribution < 1.29 is 18.3 Å². The van der Waals surface area contributed by atoms with Gasteiger partial charge in [0.25, 0.3) is 0 Å². The van der Waals surface area contributed by atoms with Crippen molar-refractivity contribution in [1.82, 2.24) is 4.72 Å². The molecule has 1 aliphatic carbocycles. The van der Waals surface area contributed by atoms with E-state index in [9.17, 15) is 13.2 Å². The number of hydrogen-bond donors (Lipinski definition) is 2. The van der Waals surface area contributed by atoms with Crippen LogP contribution in [-0.2, 0) is 14.8 Å². The van der Waals surface area contributed by atoms with E-state index in [2.05, 4.69) is 11.6 Å². The molecule has 2 N–H and O–H groups in total. The lowest BCUT2D eigenvalue weighted by Crippen LogP contribution is -2.40. The average molecular weight is 249 g/mol. The molecular weight excluding hydrogens is 230 g/mol. The van der Waals surface area contributed by atoms with Gasteiger partial charge in [-0.3, -0.25) is 4.79 Å². The molecule has 94 valence electrons. The number of sulfonamides is 1. The summed E-state index contributed by atoms with van der Waals surface area (Å²) >= 11 is 0. The van der Waals surface area contributed by atoms with Crippen LogP contribution in [0.3, 0.4) is 0 Å². The van der Waals surface area contributed by atoms with E-state index in [1.54, 1.807) is 0 Å². The minimum Gasteiger partial charge on any atom is -0.481 e. The fraction of sp³-hybridized carbons (Fsp3) is 0.900. The molecule has 0 spiro atoms. The maximum Gasteiger partial charge on any atom is 0.303 e. The highest BCUT2D eigenvalue weighted by atomic mass is 32.2. The molecule has 5 nitrogen and oxygen atoms in total. The predicted molar refractivity (Wildman–Crippen MR) is 60.6 cm³/mol. The first-order valence-electron chi connectivity index (χ1n) is 5.52. The average Bonchev–Trinajstić information content (AvgIpc) is 2.11. The van der Waals surface area contributed by atoms with Crippen molar-refractivity contribution in [3.05, 3.63) is 0 Å². The van der Waals surface area contributed by atoms with Crippen molar-refractivity contribution in [1.29, 1.82) is 0 Å². The largest absolute Gasteiger partial charge is 0.481 e. The predicted octanol–water partition coefficient (Wildman–Crippen LogP) is 0.961. The molecule has 0 saturated heterocycles. The summed E-state index contributed by atoms with van der Waals surface area (Å²) in [5, 5.41) is 8.40. The summed E-state index contributed by atoms with van der Waals surface area (Å²) in [6, 6.07) is 0. The minimum atomic E-state index is -3.30. The van der Waals surface area contributed by atoms with Crippen molar-refractivity contribution >= 4 is 16.0 Å². The third kappa shape index (κ3) is 4.49. The Morgan fingerprint density at radius 2 is 2.06 bits per heavy atom. The van der Waals surface area contributed by atoms with Crippen LogP contribution in [0.4, 0.5) is 0 Å². The van der Waals surface area contributed by atoms with Gasteiger partial charge in [-0.2, -0.15) is 0 Å². The van der Waals surface area contributed by atoms with E-state index < -0.39 is 16.0 Å². The van der Waals surface area contributed by atoms with E-state index >= 15 is 0 Å². The van der Waals surface area contributed by atoms with Crippen LogP contribution in [0.2, 0.25) is 0 Å². The van der Waals surface area contributed by atoms with E-state index in [0.717, 1.165) is 19.3 Å². The zero-order valence-electron chi connectivity index (χ0n) is 9.53. The van der Waals surface area contributed by atoms with Gasteiger partial charge in [0.05, 0.1) is 5.75 Å². The first-order valence-corrected chi connectivity index (χ1v) is 7.17. The first-order chi connectivity index (χ1) is 7.33. The molecule has 0 heterocycles. The van der Waals surface area contributed by atoms with Gasteiger partial charge in [-0.1, -0.05) is 13.3 Å². The van der Waals surface area contributed by atoms with Gasteiger partial charge in [-0.05, 0) is 24.7 Å². The molecule has 1 fully saturated rings. The van der Waals surface area contributed by atoms with Crippen molar-refractivity contribution in [2.75, 3.05) is 12.3 Å². The smallest absolute Gasteiger partial charge is 0.303 e. The number of rotatable bonds is 7. The number of carboxylic acids is 1. The highest BCUT2D eigenvalue weighted by Gasteiger charge is 2.32. The molecule has 0 amide bonds. The fourth-order valence-corrected chi connectivity index (χ4v) is 2.96. The minimum absolute atomic E-state index is 0.0990. The second kappa shape index (κ2) is 5.14. The lowest BCUT2D eigenvalue weighted by atomic mass is 9.71. The van der Waals surface area contributed by atoms with Crippen LogP contribution in [0, 0.1) is 5.41 Å². The van der Waals surface area contributed by atoms with Gasteiger partial charge in [0.2, 0.25) is 10.0 Å². The van der Waals surface area contributed by atoms with Crippen LogP contribution in [-0.4, -0.2) is 31.8 Å². The van der Waals surface area contributed by atoms with E-state index in [0.29, 0.717) is 6.54 Å². The zero-order valence-corrected chi connectivity index (χ0v) is 10.3. The monoisotopic (exact) mass is 249 g/mol. The highest BCUT2D eigenvalue weighted by Crippen LogP contribution is 2.39. The van der Waals surface area contributed by atoms with Crippen molar-refractivity contribution in [3.8, 4) is 0 Å². The second-order valence-electron chi connectivity index (χ2n) is 4.80. The Labute approximate surface area is 96.3 Å². The van der Waals surface area contributed by atoms with Crippen molar-refractivity contribution in [2.45, 2.75) is 39.0 Å². The molecule has 0 atom stereocenters. The Kier molecular flexibility index (Phi) is 4.32. The Morgan fingerprint density at radius 3 is 2.50 bits per heavy atom. The lowest BCUT2D eigenvalue weighted by molar-refractivity contribution is -0.137. The Hall–Kier alpha value is -0.620. The third-order valence-electron chi connectivity index (χ3n) is 3.08. The van der Waals surface area contributed by atoms with Gasteiger partial charge < -0.3 is 5.11 Å². The van der Waals surface area contributed by atoms with Gasteiger partial charge in [0.1, 0.15) is 0 Å². The third-order valence-corrected chi connectivity index (χ3v) is 4.49. The fourth-order valence-electron chi connectivity index (χ4n) is 1.73. The van der Waals surface area contributed by atoms with Crippen LogP contribution in [0.5, 0.6) is 0 Å². The first kappa shape index (κ1) is 13.4. The van der Waals surface area contributed by atoms with E-state index in [-0.39, 0.29) is 24.0 Å². The topological polar surface area (TPSA) is 83.5 Å². The normalized spacial score (nSPS) is 19.1. The van der Waals surface area contributed by atoms with Gasteiger partial charge in [-0.15, -0.1) is 0 Å². The van der Waals surface area contributed by atoms with Gasteiger partial charge >= 0.3 is 5.97 Å². The van der Waals surface area contributed by atoms with Crippen LogP contribution < -0.4 is 4.72 Å². The second-order valence-corrected chi connectivity index (χ2v) is 6.73. The molecule has 0 radical (unpaired) electrons. The summed E-state index contributed by atoms with van der Waals surface area (Å²) in [6.45, 7) is 2.54. The molecule has 0 aromatic carbocycles. The summed E-state index contributed by atoms with van der Waals surface area (Å²) in [6.07, 6.45) is 3.35. The quantitative estimate of drug-likeness (QED) is 0.704. The number of nitrogens with one attached hydrogen (secondary N) is 1. The summed E-state index contributed by atoms with van der Waals surface area (Å²) in [5.41, 5.74) is 0.111. The SMILES string of the molecule is CC1(CNS(=O)(=O)CCCC(=O)O)CCC1. The van der Waals surface area contributed by atoms with E-state index in [4.69, 9.17) is 5.11 Å². The van der Waals surface area contributed by atoms with Crippen molar-refractivity contribution in [2.24, 2.45) is 5.41 Å². The molecule has 0 aliphatic heterocycles. The molecule has 0 aromatic heterocycles. The highest BCUT2D eigenvalue weighted by molar-refractivity contribution is 7.89. The van der Waals surface area contributed by atoms with Gasteiger partial charge in [0.15, 0.2) is 0 Å². The molecular formula is C10H19NO4S. The molecule has 1 aliphatic rings. The van der Waals surface area contributed by atoms with Crippen LogP contribution >= 0.6 is 0 Å². The lowest BCUT2D eigenvalue weighted by Gasteiger charge is -2.38. The van der Waals surface area contributed by atoms with E-state index in [1.165, 1.54) is 0 Å². The van der Waals surface area contributed by atoms with Gasteiger partial charge in [-0.25, -0.2) is 13.1 Å². The molecule has 0 aromatic rings. The summed E-state index contributed by atoms with van der Waals surface area (Å²) in [5.74, 6) is -1.06. The van der Waals surface area contributed by atoms with E-state index in [1.807, 2.05) is 0 Å². The maximum atomic E-state index is 11.5. The zero-order chi connectivity index (χ0) is 12.2. The number of aliphatic carboxylic acids is 1. The molecule has 16 heavy (non-hydrogen) atoms. The number of hydrogen-bond acceptors (Lipinski definition) is 3. The Bertz CT molecular complexity index is 346. The molecule has 6 heteroatoms. The molecule has 1 saturated carbocycles. The Balaban J connectivity index is 2.25. The molecule has 0 unspecified atom stereocenters. The van der Waals surface area contributed by atoms with Crippen LogP contribution in [0.15, 0.2) is 0 Å². The standard InChI is InChI=1S/C10H19NO4S/c1-10(5-3-6-10)8-11-16(14,15)7-2-4-9(12)13/h11H,2-8H2,1H3,(H,12,13). The number of carbonyl (C=O) groups is 1. The molecule has 0 bridgehead atoms. The van der Waals surface area contributed by atoms with Crippen molar-refractivity contribution in [3.63, 3.8) is 0 Å². The summed E-state index contributed by atoms with van der Waals surface area (Å²) < 4.78 is 25.5. The van der Waals surface area contributed by atoms with Gasteiger partial charge in [0, 0.05) is 13.0 Å². The Morgan fingerprint density at radius 1 is 1.44 bits per heavy atom. The summed E-state index contributed by atoms with van der Waals surface area (Å²) in [4.78, 5) is 10.2. The molecule has 1 rings (SSSR count). The summed E-state index contributed by atoms with van der Waals surface area (Å²) in [7, 11) is -3.30. The van der Waals surface area contributed by atoms with Crippen LogP contribution in [0.25, 0.3) is 0 Å². The maximum absolute atomic E-state index is 11.5. The number of carboxylic acid groups (broad SMARTS) is 1. The van der Waals surface area contributed by atoms with Crippen LogP contribution in [0.1, 0.15) is 39.0 Å².